The van der Waals surface area contributed by atoms with Gasteiger partial charge in [0.2, 0.25) is 0 Å². The van der Waals surface area contributed by atoms with E-state index in [9.17, 15) is 8.42 Å². The molecule has 7 heteroatoms. The van der Waals surface area contributed by atoms with Gasteiger partial charge < -0.3 is 4.74 Å². The van der Waals surface area contributed by atoms with Crippen LogP contribution in [-0.4, -0.2) is 39.0 Å². The molecule has 0 radical (unpaired) electrons. The van der Waals surface area contributed by atoms with E-state index in [0.29, 0.717) is 10.8 Å². The smallest absolute Gasteiger partial charge is 0.252 e. The van der Waals surface area contributed by atoms with Crippen LogP contribution in [0.1, 0.15) is 24.8 Å². The zero-order valence-electron chi connectivity index (χ0n) is 11.1. The summed E-state index contributed by atoms with van der Waals surface area (Å²) in [5.41, 5.74) is 0.950. The summed E-state index contributed by atoms with van der Waals surface area (Å²) in [5.74, 6) is 0. The van der Waals surface area contributed by atoms with Gasteiger partial charge in [-0.2, -0.15) is 4.31 Å². The number of hydrogen-bond acceptors (Lipinski definition) is 4. The maximum absolute atomic E-state index is 12.4. The Morgan fingerprint density at radius 2 is 2.26 bits per heavy atom. The highest BCUT2D eigenvalue weighted by atomic mass is 79.9. The molecule has 19 heavy (non-hydrogen) atoms. The van der Waals surface area contributed by atoms with E-state index in [1.807, 2.05) is 6.92 Å². The van der Waals surface area contributed by atoms with Gasteiger partial charge in [-0.05, 0) is 53.7 Å². The van der Waals surface area contributed by atoms with Crippen molar-refractivity contribution in [1.29, 1.82) is 0 Å². The summed E-state index contributed by atoms with van der Waals surface area (Å²) >= 11 is 4.62. The number of thiophene rings is 1. The van der Waals surface area contributed by atoms with Crippen molar-refractivity contribution in [1.82, 2.24) is 4.31 Å². The van der Waals surface area contributed by atoms with Crippen molar-refractivity contribution in [3.8, 4) is 0 Å². The fraction of sp³-hybridized carbons (Fsp3) is 0.667. The third-order valence-corrected chi connectivity index (χ3v) is 7.64. The maximum atomic E-state index is 12.4. The van der Waals surface area contributed by atoms with Crippen LogP contribution in [0.5, 0.6) is 0 Å². The molecule has 0 amide bonds. The highest BCUT2D eigenvalue weighted by molar-refractivity contribution is 9.11. The minimum absolute atomic E-state index is 0.0259. The molecule has 0 saturated carbocycles. The Balaban J connectivity index is 2.10. The molecule has 2 heterocycles. The first kappa shape index (κ1) is 15.4. The normalized spacial score (nSPS) is 20.9. The number of likely N-dealkylation sites (N-methyl/N-ethyl adjacent to an activating group) is 1. The van der Waals surface area contributed by atoms with Crippen LogP contribution in [0.4, 0.5) is 0 Å². The van der Waals surface area contributed by atoms with Gasteiger partial charge in [-0.25, -0.2) is 8.42 Å². The Morgan fingerprint density at radius 1 is 1.53 bits per heavy atom. The third-order valence-electron chi connectivity index (χ3n) is 3.23. The number of rotatable bonds is 4. The van der Waals surface area contributed by atoms with E-state index < -0.39 is 10.0 Å². The lowest BCUT2D eigenvalue weighted by molar-refractivity contribution is 0.00860. The topological polar surface area (TPSA) is 46.6 Å². The second-order valence-corrected chi connectivity index (χ2v) is 9.44. The molecule has 1 saturated heterocycles. The molecule has 1 aliphatic rings. The second-order valence-electron chi connectivity index (χ2n) is 4.80. The van der Waals surface area contributed by atoms with Crippen LogP contribution in [0.15, 0.2) is 14.1 Å². The van der Waals surface area contributed by atoms with E-state index >= 15 is 0 Å². The predicted molar refractivity (Wildman–Crippen MR) is 80.2 cm³/mol. The van der Waals surface area contributed by atoms with Crippen LogP contribution in [0, 0.1) is 6.92 Å². The Kier molecular flexibility index (Phi) is 5.05. The van der Waals surface area contributed by atoms with Crippen molar-refractivity contribution >= 4 is 37.3 Å². The van der Waals surface area contributed by atoms with Crippen LogP contribution in [0.25, 0.3) is 0 Å². The zero-order chi connectivity index (χ0) is 14.0. The summed E-state index contributed by atoms with van der Waals surface area (Å²) in [6, 6.07) is 1.71. The molecule has 1 aromatic heterocycles. The van der Waals surface area contributed by atoms with Crippen molar-refractivity contribution in [2.24, 2.45) is 0 Å². The molecule has 1 fully saturated rings. The molecule has 0 spiro atoms. The van der Waals surface area contributed by atoms with Crippen molar-refractivity contribution in [3.63, 3.8) is 0 Å². The van der Waals surface area contributed by atoms with Gasteiger partial charge in [0.25, 0.3) is 10.0 Å². The Labute approximate surface area is 126 Å². The van der Waals surface area contributed by atoms with Crippen LogP contribution < -0.4 is 0 Å². The number of aryl methyl sites for hydroxylation is 1. The lowest BCUT2D eigenvalue weighted by Crippen LogP contribution is -2.36. The highest BCUT2D eigenvalue weighted by Crippen LogP contribution is 2.32. The average Bonchev–Trinajstić information content (AvgIpc) is 2.71. The first-order valence-corrected chi connectivity index (χ1v) is 9.30. The summed E-state index contributed by atoms with van der Waals surface area (Å²) in [6.07, 6.45) is 3.15. The van der Waals surface area contributed by atoms with Gasteiger partial charge in [0.1, 0.15) is 4.21 Å². The quantitative estimate of drug-likeness (QED) is 0.821. The van der Waals surface area contributed by atoms with Crippen LogP contribution in [0.2, 0.25) is 0 Å². The van der Waals surface area contributed by atoms with Gasteiger partial charge in [0, 0.05) is 20.2 Å². The van der Waals surface area contributed by atoms with Gasteiger partial charge in [-0.1, -0.05) is 0 Å². The van der Waals surface area contributed by atoms with Crippen LogP contribution >= 0.6 is 27.3 Å². The summed E-state index contributed by atoms with van der Waals surface area (Å²) in [5, 5.41) is 0. The fourth-order valence-corrected chi connectivity index (χ4v) is 5.69. The van der Waals surface area contributed by atoms with Crippen molar-refractivity contribution < 1.29 is 13.2 Å². The first-order chi connectivity index (χ1) is 8.91. The predicted octanol–water partition coefficient (Wildman–Crippen LogP) is 3.01. The number of ether oxygens (including phenoxy) is 1. The number of sulfonamides is 1. The van der Waals surface area contributed by atoms with E-state index in [2.05, 4.69) is 15.9 Å². The van der Waals surface area contributed by atoms with E-state index in [4.69, 9.17) is 4.74 Å². The summed E-state index contributed by atoms with van der Waals surface area (Å²) in [4.78, 5) is 0. The third kappa shape index (κ3) is 3.58. The molecular formula is C12H18BrNO3S2. The van der Waals surface area contributed by atoms with E-state index in [-0.39, 0.29) is 6.10 Å². The molecule has 0 aromatic carbocycles. The lowest BCUT2D eigenvalue weighted by Gasteiger charge is -2.26. The molecule has 1 aliphatic heterocycles. The molecule has 1 atom stereocenters. The molecular weight excluding hydrogens is 350 g/mol. The minimum Gasteiger partial charge on any atom is -0.377 e. The Morgan fingerprint density at radius 3 is 2.79 bits per heavy atom. The zero-order valence-corrected chi connectivity index (χ0v) is 14.3. The van der Waals surface area contributed by atoms with Gasteiger partial charge >= 0.3 is 0 Å². The second kappa shape index (κ2) is 6.22. The molecule has 1 aromatic rings. The van der Waals surface area contributed by atoms with Crippen molar-refractivity contribution in [2.75, 3.05) is 20.2 Å². The SMILES string of the molecule is Cc1cc(S(=O)(=O)N(C)CC2CCCCO2)sc1Br. The van der Waals surface area contributed by atoms with Gasteiger partial charge in [0.05, 0.1) is 9.89 Å². The Hall–Kier alpha value is 0.0500. The van der Waals surface area contributed by atoms with Gasteiger partial charge in [-0.3, -0.25) is 0 Å². The molecule has 0 aliphatic carbocycles. The van der Waals surface area contributed by atoms with E-state index in [1.54, 1.807) is 13.1 Å². The van der Waals surface area contributed by atoms with Crippen LogP contribution in [0.3, 0.4) is 0 Å². The van der Waals surface area contributed by atoms with Crippen molar-refractivity contribution in [2.45, 2.75) is 36.5 Å². The van der Waals surface area contributed by atoms with E-state index in [1.165, 1.54) is 15.6 Å². The molecule has 108 valence electrons. The van der Waals surface area contributed by atoms with Gasteiger partial charge in [0.15, 0.2) is 0 Å². The van der Waals surface area contributed by atoms with E-state index in [0.717, 1.165) is 35.2 Å². The molecule has 4 nitrogen and oxygen atoms in total. The monoisotopic (exact) mass is 367 g/mol. The number of halogens is 1. The number of nitrogens with zero attached hydrogens (tertiary/aromatic N) is 1. The average molecular weight is 368 g/mol. The molecule has 0 bridgehead atoms. The largest absolute Gasteiger partial charge is 0.377 e. The molecule has 2 rings (SSSR count). The summed E-state index contributed by atoms with van der Waals surface area (Å²) in [6.45, 7) is 3.06. The molecule has 1 unspecified atom stereocenters. The first-order valence-electron chi connectivity index (χ1n) is 6.25. The van der Waals surface area contributed by atoms with Crippen molar-refractivity contribution in [3.05, 3.63) is 15.4 Å². The Bertz CT molecular complexity index is 516. The van der Waals surface area contributed by atoms with Crippen LogP contribution in [-0.2, 0) is 14.8 Å². The standard InChI is InChI=1S/C12H18BrNO3S2/c1-9-7-11(18-12(9)13)19(15,16)14(2)8-10-5-3-4-6-17-10/h7,10H,3-6,8H2,1-2H3. The van der Waals surface area contributed by atoms with Gasteiger partial charge in [-0.15, -0.1) is 11.3 Å². The summed E-state index contributed by atoms with van der Waals surface area (Å²) in [7, 11) is -1.78. The summed E-state index contributed by atoms with van der Waals surface area (Å²) < 4.78 is 33.1. The number of hydrogen-bond donors (Lipinski definition) is 0. The fourth-order valence-electron chi connectivity index (χ4n) is 2.05. The minimum atomic E-state index is -3.40. The lowest BCUT2D eigenvalue weighted by atomic mass is 10.1. The molecule has 0 N–H and O–H groups in total. The maximum Gasteiger partial charge on any atom is 0.252 e. The highest BCUT2D eigenvalue weighted by Gasteiger charge is 2.27.